The lowest BCUT2D eigenvalue weighted by molar-refractivity contribution is 0.194. The number of ether oxygens (including phenoxy) is 1. The first-order valence-corrected chi connectivity index (χ1v) is 9.93. The van der Waals surface area contributed by atoms with Crippen molar-refractivity contribution < 1.29 is 4.74 Å². The minimum Gasteiger partial charge on any atom is -0.472 e. The molecule has 27 heavy (non-hydrogen) atoms. The molecule has 1 N–H and O–H groups in total. The van der Waals surface area contributed by atoms with Crippen LogP contribution in [0.25, 0.3) is 0 Å². The highest BCUT2D eigenvalue weighted by molar-refractivity contribution is 5.34. The van der Waals surface area contributed by atoms with Gasteiger partial charge in [0.1, 0.15) is 17.8 Å². The summed E-state index contributed by atoms with van der Waals surface area (Å²) in [7, 11) is 0. The Labute approximate surface area is 159 Å². The van der Waals surface area contributed by atoms with Crippen LogP contribution < -0.4 is 15.7 Å². The Balaban J connectivity index is 1.51. The van der Waals surface area contributed by atoms with Gasteiger partial charge in [-0.3, -0.25) is 4.57 Å². The molecule has 8 heteroatoms. The molecule has 2 aromatic heterocycles. The molecule has 2 aliphatic rings. The van der Waals surface area contributed by atoms with Crippen molar-refractivity contribution in [1.29, 1.82) is 0 Å². The lowest BCUT2D eigenvalue weighted by Crippen LogP contribution is -2.31. The van der Waals surface area contributed by atoms with E-state index in [0.717, 1.165) is 55.9 Å². The Bertz CT molecular complexity index is 881. The van der Waals surface area contributed by atoms with Crippen molar-refractivity contribution in [1.82, 2.24) is 29.6 Å². The first kappa shape index (κ1) is 18.2. The number of hydrogen-bond acceptors (Lipinski definition) is 6. The van der Waals surface area contributed by atoms with Crippen LogP contribution in [0.3, 0.4) is 0 Å². The first-order chi connectivity index (χ1) is 13.0. The maximum Gasteiger partial charge on any atom is 0.346 e. The zero-order chi connectivity index (χ0) is 19.0. The van der Waals surface area contributed by atoms with Gasteiger partial charge in [0.15, 0.2) is 0 Å². The van der Waals surface area contributed by atoms with E-state index in [2.05, 4.69) is 20.4 Å². The van der Waals surface area contributed by atoms with Gasteiger partial charge in [-0.2, -0.15) is 10.1 Å². The van der Waals surface area contributed by atoms with Crippen molar-refractivity contribution in [2.24, 2.45) is 5.92 Å². The molecule has 0 aromatic carbocycles. The number of fused-ring (bicyclic) bond motifs is 1. The molecule has 0 aliphatic carbocycles. The molecule has 4 rings (SSSR count). The van der Waals surface area contributed by atoms with E-state index < -0.39 is 0 Å². The van der Waals surface area contributed by atoms with Gasteiger partial charge in [0.2, 0.25) is 5.88 Å². The van der Waals surface area contributed by atoms with Crippen LogP contribution in [-0.4, -0.2) is 43.5 Å². The summed E-state index contributed by atoms with van der Waals surface area (Å²) >= 11 is 0. The molecule has 0 spiro atoms. The standard InChI is InChI=1S/C19H28N6O2/c1-4-24-17(9-14-5-7-20-8-6-14)23-25(19(24)26)11-15-10-16-12(2)21-13(3)22-18(16)27-15/h14-15,20H,4-11H2,1-3H3/t15-/m0/s1. The third-order valence-electron chi connectivity index (χ3n) is 5.62. The van der Waals surface area contributed by atoms with Crippen molar-refractivity contribution in [2.75, 3.05) is 13.1 Å². The lowest BCUT2D eigenvalue weighted by Gasteiger charge is -2.21. The normalized spacial score (nSPS) is 19.9. The van der Waals surface area contributed by atoms with Crippen LogP contribution in [-0.2, 0) is 25.9 Å². The summed E-state index contributed by atoms with van der Waals surface area (Å²) in [6.07, 6.45) is 3.75. The molecule has 0 unspecified atom stereocenters. The molecule has 2 aromatic rings. The van der Waals surface area contributed by atoms with E-state index in [1.165, 1.54) is 0 Å². The summed E-state index contributed by atoms with van der Waals surface area (Å²) in [6.45, 7) is 9.04. The Morgan fingerprint density at radius 2 is 2.00 bits per heavy atom. The van der Waals surface area contributed by atoms with Gasteiger partial charge in [-0.25, -0.2) is 14.5 Å². The van der Waals surface area contributed by atoms with Gasteiger partial charge < -0.3 is 10.1 Å². The van der Waals surface area contributed by atoms with Crippen molar-refractivity contribution in [3.05, 3.63) is 33.4 Å². The average Bonchev–Trinajstić information content (AvgIpc) is 3.17. The molecule has 146 valence electrons. The van der Waals surface area contributed by atoms with E-state index in [1.807, 2.05) is 20.8 Å². The number of aryl methyl sites for hydroxylation is 2. The van der Waals surface area contributed by atoms with E-state index in [0.29, 0.717) is 30.7 Å². The first-order valence-electron chi connectivity index (χ1n) is 9.93. The molecule has 0 saturated carbocycles. The van der Waals surface area contributed by atoms with E-state index in [-0.39, 0.29) is 11.8 Å². The molecule has 2 aliphatic heterocycles. The van der Waals surface area contributed by atoms with E-state index in [9.17, 15) is 4.79 Å². The van der Waals surface area contributed by atoms with Gasteiger partial charge in [-0.1, -0.05) is 0 Å². The second-order valence-electron chi connectivity index (χ2n) is 7.61. The minimum absolute atomic E-state index is 0.0417. The van der Waals surface area contributed by atoms with E-state index in [1.54, 1.807) is 9.25 Å². The van der Waals surface area contributed by atoms with E-state index in [4.69, 9.17) is 4.74 Å². The Morgan fingerprint density at radius 3 is 2.74 bits per heavy atom. The second kappa shape index (κ2) is 7.42. The molecule has 1 fully saturated rings. The summed E-state index contributed by atoms with van der Waals surface area (Å²) in [5, 5.41) is 8.06. The number of hydrogen-bond donors (Lipinski definition) is 1. The smallest absolute Gasteiger partial charge is 0.346 e. The molecular formula is C19H28N6O2. The Morgan fingerprint density at radius 1 is 1.22 bits per heavy atom. The third kappa shape index (κ3) is 3.63. The summed E-state index contributed by atoms with van der Waals surface area (Å²) < 4.78 is 9.37. The number of nitrogens with zero attached hydrogens (tertiary/aromatic N) is 5. The monoisotopic (exact) mass is 372 g/mol. The predicted molar refractivity (Wildman–Crippen MR) is 101 cm³/mol. The number of aromatic nitrogens is 5. The van der Waals surface area contributed by atoms with Gasteiger partial charge in [0, 0.05) is 30.6 Å². The van der Waals surface area contributed by atoms with Crippen molar-refractivity contribution in [2.45, 2.75) is 65.6 Å². The SMILES string of the molecule is CCn1c(CC2CCNCC2)nn(C[C@@H]2Cc3c(C)nc(C)nc3O2)c1=O. The fourth-order valence-corrected chi connectivity index (χ4v) is 4.18. The number of rotatable bonds is 5. The fraction of sp³-hybridized carbons (Fsp3) is 0.684. The third-order valence-corrected chi connectivity index (χ3v) is 5.62. The topological polar surface area (TPSA) is 86.9 Å². The van der Waals surface area contributed by atoms with Crippen LogP contribution in [0.5, 0.6) is 5.88 Å². The van der Waals surface area contributed by atoms with Crippen LogP contribution in [0, 0.1) is 19.8 Å². The van der Waals surface area contributed by atoms with Gasteiger partial charge in [0.25, 0.3) is 0 Å². The quantitative estimate of drug-likeness (QED) is 0.843. The zero-order valence-corrected chi connectivity index (χ0v) is 16.4. The van der Waals surface area contributed by atoms with Crippen LogP contribution in [0.2, 0.25) is 0 Å². The highest BCUT2D eigenvalue weighted by Crippen LogP contribution is 2.29. The van der Waals surface area contributed by atoms with Gasteiger partial charge >= 0.3 is 5.69 Å². The largest absolute Gasteiger partial charge is 0.472 e. The van der Waals surface area contributed by atoms with E-state index >= 15 is 0 Å². The summed E-state index contributed by atoms with van der Waals surface area (Å²) in [5.74, 6) is 2.86. The van der Waals surface area contributed by atoms with Crippen LogP contribution >= 0.6 is 0 Å². The lowest BCUT2D eigenvalue weighted by atomic mass is 9.94. The molecule has 4 heterocycles. The van der Waals surface area contributed by atoms with Crippen LogP contribution in [0.1, 0.15) is 42.7 Å². The molecule has 8 nitrogen and oxygen atoms in total. The van der Waals surface area contributed by atoms with Gasteiger partial charge in [-0.15, -0.1) is 0 Å². The van der Waals surface area contributed by atoms with Crippen molar-refractivity contribution in [3.8, 4) is 5.88 Å². The van der Waals surface area contributed by atoms with Gasteiger partial charge in [-0.05, 0) is 52.6 Å². The van der Waals surface area contributed by atoms with Crippen molar-refractivity contribution in [3.63, 3.8) is 0 Å². The average molecular weight is 372 g/mol. The second-order valence-corrected chi connectivity index (χ2v) is 7.61. The molecule has 0 amide bonds. The van der Waals surface area contributed by atoms with Crippen LogP contribution in [0.15, 0.2) is 4.79 Å². The molecule has 0 radical (unpaired) electrons. The minimum atomic E-state index is -0.126. The highest BCUT2D eigenvalue weighted by atomic mass is 16.5. The Hall–Kier alpha value is -2.22. The fourth-order valence-electron chi connectivity index (χ4n) is 4.18. The number of piperidine rings is 1. The zero-order valence-electron chi connectivity index (χ0n) is 16.4. The van der Waals surface area contributed by atoms with Gasteiger partial charge in [0.05, 0.1) is 6.54 Å². The molecule has 0 bridgehead atoms. The molecular weight excluding hydrogens is 344 g/mol. The van der Waals surface area contributed by atoms with Crippen LogP contribution in [0.4, 0.5) is 0 Å². The molecule has 1 atom stereocenters. The highest BCUT2D eigenvalue weighted by Gasteiger charge is 2.29. The van der Waals surface area contributed by atoms with Crippen molar-refractivity contribution >= 4 is 0 Å². The molecule has 1 saturated heterocycles. The maximum absolute atomic E-state index is 12.8. The predicted octanol–water partition coefficient (Wildman–Crippen LogP) is 1.02. The summed E-state index contributed by atoms with van der Waals surface area (Å²) in [4.78, 5) is 21.6. The summed E-state index contributed by atoms with van der Waals surface area (Å²) in [6, 6.07) is 0. The maximum atomic E-state index is 12.8. The Kier molecular flexibility index (Phi) is 4.99. The summed E-state index contributed by atoms with van der Waals surface area (Å²) in [5.41, 5.74) is 1.96. The number of nitrogens with one attached hydrogen (secondary N) is 1.